The van der Waals surface area contributed by atoms with Crippen molar-refractivity contribution >= 4 is 45.1 Å². The Labute approximate surface area is 144 Å². The average Bonchev–Trinajstić information content (AvgIpc) is 2.61. The summed E-state index contributed by atoms with van der Waals surface area (Å²) in [4.78, 5) is 0. The minimum absolute atomic E-state index is 0.207. The Kier molecular flexibility index (Phi) is 4.89. The summed E-state index contributed by atoms with van der Waals surface area (Å²) in [6.07, 6.45) is 0.870. The van der Waals surface area contributed by atoms with Crippen LogP contribution < -0.4 is 0 Å². The molecule has 1 aliphatic rings. The van der Waals surface area contributed by atoms with E-state index in [2.05, 4.69) is 31.9 Å². The summed E-state index contributed by atoms with van der Waals surface area (Å²) < 4.78 is 53.3. The van der Waals surface area contributed by atoms with Gasteiger partial charge in [0.05, 0.1) is 11.2 Å². The fraction of sp³-hybridized carbons (Fsp3) is 0.429. The number of hydrogen-bond donors (Lipinski definition) is 0. The van der Waals surface area contributed by atoms with E-state index in [1.807, 2.05) is 0 Å². The highest BCUT2D eigenvalue weighted by Crippen LogP contribution is 2.40. The van der Waals surface area contributed by atoms with Crippen molar-refractivity contribution in [2.24, 2.45) is 0 Å². The van der Waals surface area contributed by atoms with Crippen LogP contribution in [0.1, 0.15) is 33.3 Å². The molecule has 0 amide bonds. The lowest BCUT2D eigenvalue weighted by Gasteiger charge is -2.32. The fourth-order valence-corrected chi connectivity index (χ4v) is 2.70. The summed E-state index contributed by atoms with van der Waals surface area (Å²) in [7, 11) is -1.27. The van der Waals surface area contributed by atoms with E-state index in [0.29, 0.717) is 0 Å². The molecule has 1 fully saturated rings. The van der Waals surface area contributed by atoms with Gasteiger partial charge >= 0.3 is 7.12 Å². The van der Waals surface area contributed by atoms with E-state index < -0.39 is 35.7 Å². The molecule has 0 bridgehead atoms. The molecule has 0 N–H and O–H groups in total. The molecule has 0 aromatic heterocycles. The first-order valence-corrected chi connectivity index (χ1v) is 8.10. The molecular formula is C14H14BBr2F3O2. The van der Waals surface area contributed by atoms with Gasteiger partial charge in [-0.2, -0.15) is 0 Å². The van der Waals surface area contributed by atoms with Crippen LogP contribution in [-0.4, -0.2) is 18.3 Å². The lowest BCUT2D eigenvalue weighted by Crippen LogP contribution is -2.41. The molecule has 0 spiro atoms. The second-order valence-corrected chi connectivity index (χ2v) is 7.65. The van der Waals surface area contributed by atoms with E-state index in [4.69, 9.17) is 9.31 Å². The summed E-state index contributed by atoms with van der Waals surface area (Å²) in [5.41, 5.74) is -2.53. The number of benzene rings is 1. The maximum Gasteiger partial charge on any atom is 0.525 e. The van der Waals surface area contributed by atoms with Gasteiger partial charge in [-0.05, 0) is 71.7 Å². The molecule has 0 saturated carbocycles. The van der Waals surface area contributed by atoms with Crippen LogP contribution in [0, 0.1) is 11.6 Å². The summed E-state index contributed by atoms with van der Waals surface area (Å²) in [5.74, 6) is -2.23. The molecule has 8 heteroatoms. The highest BCUT2D eigenvalue weighted by molar-refractivity contribution is 9.13. The molecule has 1 saturated heterocycles. The second kappa shape index (κ2) is 5.96. The largest absolute Gasteiger partial charge is 0.525 e. The third-order valence-corrected chi connectivity index (χ3v) is 5.92. The molecule has 1 heterocycles. The van der Waals surface area contributed by atoms with Crippen LogP contribution in [0.2, 0.25) is 0 Å². The zero-order chi connectivity index (χ0) is 16.9. The van der Waals surface area contributed by atoms with E-state index in [-0.39, 0.29) is 14.5 Å². The monoisotopic (exact) mass is 440 g/mol. The van der Waals surface area contributed by atoms with Gasteiger partial charge in [0.1, 0.15) is 5.73 Å². The van der Waals surface area contributed by atoms with Crippen LogP contribution in [-0.2, 0) is 9.31 Å². The van der Waals surface area contributed by atoms with Gasteiger partial charge in [-0.3, -0.25) is 0 Å². The van der Waals surface area contributed by atoms with Crippen molar-refractivity contribution in [1.82, 2.24) is 0 Å². The van der Waals surface area contributed by atoms with Crippen LogP contribution in [0.5, 0.6) is 0 Å². The van der Waals surface area contributed by atoms with Crippen LogP contribution >= 0.6 is 31.9 Å². The van der Waals surface area contributed by atoms with Gasteiger partial charge < -0.3 is 9.31 Å². The summed E-state index contributed by atoms with van der Waals surface area (Å²) in [6.45, 7) is 7.09. The highest BCUT2D eigenvalue weighted by atomic mass is 79.9. The van der Waals surface area contributed by atoms with Gasteiger partial charge in [-0.1, -0.05) is 0 Å². The molecule has 1 aromatic carbocycles. The quantitative estimate of drug-likeness (QED) is 0.450. The molecule has 1 aromatic rings. The van der Waals surface area contributed by atoms with Crippen molar-refractivity contribution in [2.45, 2.75) is 38.9 Å². The first-order chi connectivity index (χ1) is 9.96. The third kappa shape index (κ3) is 3.16. The Morgan fingerprint density at radius 1 is 1.14 bits per heavy atom. The molecule has 0 unspecified atom stereocenters. The van der Waals surface area contributed by atoms with Crippen LogP contribution in [0.15, 0.2) is 20.7 Å². The maximum atomic E-state index is 14.4. The predicted molar refractivity (Wildman–Crippen MR) is 86.9 cm³/mol. The SMILES string of the molecule is CC1(C)OB(C(F)=Cc2c(F)c(F)cc(Br)c2Br)OC1(C)C. The van der Waals surface area contributed by atoms with E-state index in [9.17, 15) is 13.2 Å². The van der Waals surface area contributed by atoms with Gasteiger partial charge in [0.2, 0.25) is 0 Å². The Balaban J connectivity index is 2.40. The van der Waals surface area contributed by atoms with E-state index in [0.717, 1.165) is 12.1 Å². The van der Waals surface area contributed by atoms with Crippen molar-refractivity contribution in [3.05, 3.63) is 37.9 Å². The molecule has 0 atom stereocenters. The first kappa shape index (κ1) is 18.0. The minimum Gasteiger partial charge on any atom is -0.398 e. The minimum atomic E-state index is -1.27. The van der Waals surface area contributed by atoms with Gasteiger partial charge in [-0.25, -0.2) is 13.2 Å². The average molecular weight is 442 g/mol. The van der Waals surface area contributed by atoms with Gasteiger partial charge in [0, 0.05) is 14.5 Å². The number of rotatable bonds is 2. The van der Waals surface area contributed by atoms with Crippen molar-refractivity contribution < 1.29 is 22.5 Å². The summed E-state index contributed by atoms with van der Waals surface area (Å²) in [5, 5.41) is 0. The standard InChI is InChI=1S/C14H14BBr2F3O2/c1-13(2)14(3,4)22-15(21-13)10(19)5-7-11(17)8(16)6-9(18)12(7)20/h5-6H,1-4H3. The smallest absolute Gasteiger partial charge is 0.398 e. The molecule has 0 aliphatic carbocycles. The fourth-order valence-electron chi connectivity index (χ4n) is 1.88. The van der Waals surface area contributed by atoms with E-state index in [1.165, 1.54) is 0 Å². The molecular weight excluding hydrogens is 428 g/mol. The zero-order valence-corrected chi connectivity index (χ0v) is 15.6. The van der Waals surface area contributed by atoms with Crippen molar-refractivity contribution in [3.8, 4) is 0 Å². The zero-order valence-electron chi connectivity index (χ0n) is 12.4. The summed E-state index contributed by atoms with van der Waals surface area (Å²) in [6, 6.07) is 0.962. The van der Waals surface area contributed by atoms with Crippen molar-refractivity contribution in [3.63, 3.8) is 0 Å². The molecule has 2 rings (SSSR count). The molecule has 2 nitrogen and oxygen atoms in total. The maximum absolute atomic E-state index is 14.4. The Morgan fingerprint density at radius 3 is 2.14 bits per heavy atom. The van der Waals surface area contributed by atoms with Gasteiger partial charge in [-0.15, -0.1) is 0 Å². The molecule has 0 radical (unpaired) electrons. The Bertz CT molecular complexity index is 605. The Morgan fingerprint density at radius 2 is 1.64 bits per heavy atom. The van der Waals surface area contributed by atoms with Crippen LogP contribution in [0.25, 0.3) is 6.08 Å². The lowest BCUT2D eigenvalue weighted by atomic mass is 9.87. The van der Waals surface area contributed by atoms with Gasteiger partial charge in [0.25, 0.3) is 0 Å². The molecule has 1 aliphatic heterocycles. The second-order valence-electron chi connectivity index (χ2n) is 6.00. The molecule has 22 heavy (non-hydrogen) atoms. The summed E-state index contributed by atoms with van der Waals surface area (Å²) >= 11 is 6.17. The normalized spacial score (nSPS) is 20.6. The highest BCUT2D eigenvalue weighted by Gasteiger charge is 2.53. The first-order valence-electron chi connectivity index (χ1n) is 6.52. The number of hydrogen-bond acceptors (Lipinski definition) is 2. The van der Waals surface area contributed by atoms with Crippen LogP contribution in [0.3, 0.4) is 0 Å². The van der Waals surface area contributed by atoms with E-state index in [1.54, 1.807) is 27.7 Å². The molecule has 120 valence electrons. The third-order valence-electron chi connectivity index (χ3n) is 3.91. The van der Waals surface area contributed by atoms with E-state index >= 15 is 0 Å². The van der Waals surface area contributed by atoms with Crippen LogP contribution in [0.4, 0.5) is 13.2 Å². The van der Waals surface area contributed by atoms with Gasteiger partial charge in [0.15, 0.2) is 11.6 Å². The Hall–Kier alpha value is -0.305. The number of halogens is 5. The topological polar surface area (TPSA) is 18.5 Å². The predicted octanol–water partition coefficient (Wildman–Crippen LogP) is 5.43. The van der Waals surface area contributed by atoms with Crippen molar-refractivity contribution in [1.29, 1.82) is 0 Å². The lowest BCUT2D eigenvalue weighted by molar-refractivity contribution is 0.00578. The van der Waals surface area contributed by atoms with Crippen molar-refractivity contribution in [2.75, 3.05) is 0 Å².